The number of amides is 1. The minimum Gasteiger partial charge on any atom is -0.481 e. The van der Waals surface area contributed by atoms with E-state index < -0.39 is 17.7 Å². The van der Waals surface area contributed by atoms with E-state index in [0.717, 1.165) is 0 Å². The van der Waals surface area contributed by atoms with Gasteiger partial charge in [-0.05, 0) is 27.2 Å². The molecule has 1 rings (SSSR count). The molecule has 0 aromatic carbocycles. The number of hydrogen-bond acceptors (Lipinski definition) is 3. The van der Waals surface area contributed by atoms with Gasteiger partial charge in [0.05, 0.1) is 6.42 Å². The molecule has 0 aromatic rings. The Morgan fingerprint density at radius 1 is 1.41 bits per heavy atom. The molecule has 0 fully saturated rings. The molecule has 0 bridgehead atoms. The van der Waals surface area contributed by atoms with Gasteiger partial charge in [-0.3, -0.25) is 4.79 Å². The Kier molecular flexibility index (Phi) is 4.15. The van der Waals surface area contributed by atoms with Crippen molar-refractivity contribution in [2.45, 2.75) is 45.3 Å². The highest BCUT2D eigenvalue weighted by Gasteiger charge is 2.29. The van der Waals surface area contributed by atoms with Crippen LogP contribution in [0.3, 0.4) is 0 Å². The fourth-order valence-electron chi connectivity index (χ4n) is 1.66. The first-order valence-corrected chi connectivity index (χ1v) is 5.66. The first-order valence-electron chi connectivity index (χ1n) is 5.66. The van der Waals surface area contributed by atoms with E-state index in [1.807, 2.05) is 12.2 Å². The van der Waals surface area contributed by atoms with Crippen LogP contribution in [-0.2, 0) is 9.53 Å². The Labute approximate surface area is 101 Å². The zero-order chi connectivity index (χ0) is 13.1. The van der Waals surface area contributed by atoms with Crippen molar-refractivity contribution < 1.29 is 19.4 Å². The van der Waals surface area contributed by atoms with Crippen LogP contribution >= 0.6 is 0 Å². The molecule has 1 N–H and O–H groups in total. The molecule has 0 saturated heterocycles. The van der Waals surface area contributed by atoms with E-state index in [2.05, 4.69) is 0 Å². The Morgan fingerprint density at radius 2 is 2.06 bits per heavy atom. The monoisotopic (exact) mass is 241 g/mol. The quantitative estimate of drug-likeness (QED) is 0.751. The van der Waals surface area contributed by atoms with Crippen molar-refractivity contribution in [3.63, 3.8) is 0 Å². The van der Waals surface area contributed by atoms with Crippen molar-refractivity contribution in [2.75, 3.05) is 6.54 Å². The van der Waals surface area contributed by atoms with E-state index in [4.69, 9.17) is 9.84 Å². The second-order valence-corrected chi connectivity index (χ2v) is 5.09. The number of ether oxygens (including phenoxy) is 1. The van der Waals surface area contributed by atoms with Crippen molar-refractivity contribution in [3.8, 4) is 0 Å². The van der Waals surface area contributed by atoms with Crippen molar-refractivity contribution in [2.24, 2.45) is 0 Å². The van der Waals surface area contributed by atoms with Gasteiger partial charge in [0.2, 0.25) is 0 Å². The lowest BCUT2D eigenvalue weighted by atomic mass is 10.1. The topological polar surface area (TPSA) is 66.8 Å². The number of carbonyl (C=O) groups is 2. The molecule has 1 amide bonds. The number of carboxylic acids is 1. The molecule has 5 heteroatoms. The number of aliphatic carboxylic acids is 1. The molecule has 0 aliphatic carbocycles. The van der Waals surface area contributed by atoms with Gasteiger partial charge in [0.25, 0.3) is 0 Å². The summed E-state index contributed by atoms with van der Waals surface area (Å²) in [4.78, 5) is 24.1. The first kappa shape index (κ1) is 13.5. The fourth-order valence-corrected chi connectivity index (χ4v) is 1.66. The van der Waals surface area contributed by atoms with Crippen molar-refractivity contribution in [3.05, 3.63) is 12.2 Å². The number of rotatable bonds is 2. The molecule has 1 heterocycles. The molecule has 5 nitrogen and oxygen atoms in total. The fraction of sp³-hybridized carbons (Fsp3) is 0.667. The maximum absolute atomic E-state index is 11.9. The summed E-state index contributed by atoms with van der Waals surface area (Å²) in [6.45, 7) is 5.78. The van der Waals surface area contributed by atoms with Crippen LogP contribution in [0.25, 0.3) is 0 Å². The second kappa shape index (κ2) is 5.21. The highest BCUT2D eigenvalue weighted by atomic mass is 16.6. The molecule has 17 heavy (non-hydrogen) atoms. The van der Waals surface area contributed by atoms with E-state index >= 15 is 0 Å². The van der Waals surface area contributed by atoms with Gasteiger partial charge in [0.15, 0.2) is 0 Å². The summed E-state index contributed by atoms with van der Waals surface area (Å²) >= 11 is 0. The van der Waals surface area contributed by atoms with Gasteiger partial charge in [-0.25, -0.2) is 4.79 Å². The largest absolute Gasteiger partial charge is 0.481 e. The first-order chi connectivity index (χ1) is 7.79. The summed E-state index contributed by atoms with van der Waals surface area (Å²) in [5.41, 5.74) is -0.563. The third kappa shape index (κ3) is 4.46. The Morgan fingerprint density at radius 3 is 2.59 bits per heavy atom. The van der Waals surface area contributed by atoms with Gasteiger partial charge in [0, 0.05) is 12.6 Å². The van der Waals surface area contributed by atoms with E-state index in [1.54, 1.807) is 20.8 Å². The smallest absolute Gasteiger partial charge is 0.410 e. The molecular weight excluding hydrogens is 222 g/mol. The normalized spacial score (nSPS) is 20.2. The van der Waals surface area contributed by atoms with E-state index in [0.29, 0.717) is 13.0 Å². The molecular formula is C12H19NO4. The second-order valence-electron chi connectivity index (χ2n) is 5.09. The number of carboxylic acid groups (broad SMARTS) is 1. The minimum absolute atomic E-state index is 0.0520. The molecule has 0 aromatic heterocycles. The Balaban J connectivity index is 2.68. The molecule has 1 unspecified atom stereocenters. The van der Waals surface area contributed by atoms with E-state index in [-0.39, 0.29) is 12.5 Å². The SMILES string of the molecule is CC(C)(C)OC(=O)N1CC=CCC1CC(=O)O. The van der Waals surface area contributed by atoms with E-state index in [9.17, 15) is 9.59 Å². The van der Waals surface area contributed by atoms with Gasteiger partial charge in [0.1, 0.15) is 5.60 Å². The number of carbonyl (C=O) groups excluding carboxylic acids is 1. The maximum Gasteiger partial charge on any atom is 0.410 e. The lowest BCUT2D eigenvalue weighted by Gasteiger charge is -2.33. The predicted molar refractivity (Wildman–Crippen MR) is 62.7 cm³/mol. The average molecular weight is 241 g/mol. The van der Waals surface area contributed by atoms with Crippen LogP contribution in [0.15, 0.2) is 12.2 Å². The third-order valence-electron chi connectivity index (χ3n) is 2.36. The zero-order valence-electron chi connectivity index (χ0n) is 10.5. The van der Waals surface area contributed by atoms with Crippen molar-refractivity contribution >= 4 is 12.1 Å². The van der Waals surface area contributed by atoms with Crippen LogP contribution < -0.4 is 0 Å². The Hall–Kier alpha value is -1.52. The lowest BCUT2D eigenvalue weighted by Crippen LogP contribution is -2.45. The van der Waals surface area contributed by atoms with E-state index in [1.165, 1.54) is 4.90 Å². The molecule has 1 atom stereocenters. The zero-order valence-corrected chi connectivity index (χ0v) is 10.5. The molecule has 1 aliphatic rings. The van der Waals surface area contributed by atoms with Crippen LogP contribution in [-0.4, -0.2) is 40.3 Å². The summed E-state index contributed by atoms with van der Waals surface area (Å²) in [6, 6.07) is -0.313. The highest BCUT2D eigenvalue weighted by molar-refractivity contribution is 5.72. The van der Waals surface area contributed by atoms with Crippen molar-refractivity contribution in [1.82, 2.24) is 4.90 Å². The highest BCUT2D eigenvalue weighted by Crippen LogP contribution is 2.18. The van der Waals surface area contributed by atoms with Gasteiger partial charge >= 0.3 is 12.1 Å². The Bertz CT molecular complexity index is 330. The molecule has 0 saturated carbocycles. The molecule has 0 spiro atoms. The lowest BCUT2D eigenvalue weighted by molar-refractivity contribution is -0.138. The number of hydrogen-bond donors (Lipinski definition) is 1. The summed E-state index contributed by atoms with van der Waals surface area (Å²) in [7, 11) is 0. The van der Waals surface area contributed by atoms with Crippen molar-refractivity contribution in [1.29, 1.82) is 0 Å². The van der Waals surface area contributed by atoms with Gasteiger partial charge < -0.3 is 14.7 Å². The van der Waals surface area contributed by atoms with Crippen LogP contribution in [0.4, 0.5) is 4.79 Å². The molecule has 96 valence electrons. The maximum atomic E-state index is 11.9. The van der Waals surface area contributed by atoms with Crippen LogP contribution in [0.2, 0.25) is 0 Å². The summed E-state index contributed by atoms with van der Waals surface area (Å²) in [5.74, 6) is -0.904. The standard InChI is InChI=1S/C12H19NO4/c1-12(2,3)17-11(16)13-7-5-4-6-9(13)8-10(14)15/h4-5,9H,6-8H2,1-3H3,(H,14,15). The summed E-state index contributed by atoms with van der Waals surface area (Å²) in [6.07, 6.45) is 3.80. The molecule has 0 radical (unpaired) electrons. The van der Waals surface area contributed by atoms with Gasteiger partial charge in [-0.2, -0.15) is 0 Å². The summed E-state index contributed by atoms with van der Waals surface area (Å²) < 4.78 is 5.25. The predicted octanol–water partition coefficient (Wildman–Crippen LogP) is 2.03. The summed E-state index contributed by atoms with van der Waals surface area (Å²) in [5, 5.41) is 8.79. The third-order valence-corrected chi connectivity index (χ3v) is 2.36. The van der Waals surface area contributed by atoms with Gasteiger partial charge in [-0.15, -0.1) is 0 Å². The van der Waals surface area contributed by atoms with Crippen LogP contribution in [0, 0.1) is 0 Å². The van der Waals surface area contributed by atoms with Crippen LogP contribution in [0.1, 0.15) is 33.6 Å². The minimum atomic E-state index is -0.904. The average Bonchev–Trinajstić information content (AvgIpc) is 2.14. The number of nitrogens with zero attached hydrogens (tertiary/aromatic N) is 1. The van der Waals surface area contributed by atoms with Crippen LogP contribution in [0.5, 0.6) is 0 Å². The van der Waals surface area contributed by atoms with Gasteiger partial charge in [-0.1, -0.05) is 12.2 Å². The molecule has 1 aliphatic heterocycles.